The van der Waals surface area contributed by atoms with Gasteiger partial charge in [0, 0.05) is 6.42 Å². The van der Waals surface area contributed by atoms with Crippen LogP contribution >= 0.6 is 0 Å². The second-order valence-electron chi connectivity index (χ2n) is 3.69. The number of rotatable bonds is 5. The van der Waals surface area contributed by atoms with Gasteiger partial charge in [0.1, 0.15) is 5.75 Å². The zero-order chi connectivity index (χ0) is 13.8. The van der Waals surface area contributed by atoms with Crippen LogP contribution < -0.4 is 10.5 Å². The molecule has 0 heterocycles. The van der Waals surface area contributed by atoms with E-state index < -0.39 is 24.9 Å². The van der Waals surface area contributed by atoms with Crippen LogP contribution in [-0.4, -0.2) is 18.7 Å². The molecule has 0 spiro atoms. The summed E-state index contributed by atoms with van der Waals surface area (Å²) in [5.74, 6) is -4.41. The van der Waals surface area contributed by atoms with E-state index >= 15 is 0 Å². The van der Waals surface area contributed by atoms with Crippen LogP contribution in [0.25, 0.3) is 0 Å². The summed E-state index contributed by atoms with van der Waals surface area (Å²) in [5, 5.41) is 0. The minimum absolute atomic E-state index is 0.250. The predicted octanol–water partition coefficient (Wildman–Crippen LogP) is 3.63. The van der Waals surface area contributed by atoms with Crippen molar-refractivity contribution < 1.29 is 26.7 Å². The lowest BCUT2D eigenvalue weighted by Crippen LogP contribution is -2.36. The van der Waals surface area contributed by atoms with E-state index in [1.54, 1.807) is 18.2 Å². The molecule has 1 rings (SSSR count). The van der Waals surface area contributed by atoms with Crippen LogP contribution in [-0.2, 0) is 0 Å². The number of halogens is 5. The van der Waals surface area contributed by atoms with Gasteiger partial charge in [-0.15, -0.1) is 0 Å². The topological polar surface area (TPSA) is 35.2 Å². The van der Waals surface area contributed by atoms with Crippen LogP contribution in [0.1, 0.15) is 12.8 Å². The molecule has 2 N–H and O–H groups in total. The van der Waals surface area contributed by atoms with Crippen LogP contribution in [0.4, 0.5) is 27.6 Å². The van der Waals surface area contributed by atoms with Crippen molar-refractivity contribution in [2.75, 3.05) is 12.3 Å². The summed E-state index contributed by atoms with van der Waals surface area (Å²) in [5.41, 5.74) is 5.81. The molecule has 2 nitrogen and oxygen atoms in total. The van der Waals surface area contributed by atoms with Crippen molar-refractivity contribution in [1.29, 1.82) is 0 Å². The molecule has 0 aliphatic heterocycles. The summed E-state index contributed by atoms with van der Waals surface area (Å²) in [6.45, 7) is -0.250. The minimum Gasteiger partial charge on any atom is -0.491 e. The molecule has 0 fully saturated rings. The van der Waals surface area contributed by atoms with Crippen molar-refractivity contribution in [1.82, 2.24) is 0 Å². The molecule has 1 aromatic carbocycles. The Kier molecular flexibility index (Phi) is 4.37. The highest BCUT2D eigenvalue weighted by molar-refractivity contribution is 5.51. The maximum absolute atomic E-state index is 12.5. The number of hydrogen-bond acceptors (Lipinski definition) is 2. The highest BCUT2D eigenvalue weighted by atomic mass is 19.4. The number of anilines is 1. The van der Waals surface area contributed by atoms with Crippen molar-refractivity contribution in [2.24, 2.45) is 0 Å². The molecule has 0 unspecified atom stereocenters. The average molecular weight is 269 g/mol. The van der Waals surface area contributed by atoms with Gasteiger partial charge in [0.05, 0.1) is 12.3 Å². The standard InChI is InChI=1S/C11H12F5NO/c12-10(13,11(14,15)16)6-3-7-18-9-5-2-1-4-8(9)17/h1-2,4-5H,3,6-7,17H2. The molecule has 18 heavy (non-hydrogen) atoms. The zero-order valence-corrected chi connectivity index (χ0v) is 9.31. The Morgan fingerprint density at radius 1 is 1.06 bits per heavy atom. The molecule has 7 heteroatoms. The van der Waals surface area contributed by atoms with E-state index in [-0.39, 0.29) is 12.4 Å². The van der Waals surface area contributed by atoms with Crippen LogP contribution in [0.15, 0.2) is 24.3 Å². The fourth-order valence-corrected chi connectivity index (χ4v) is 1.23. The third-order valence-corrected chi connectivity index (χ3v) is 2.23. The van der Waals surface area contributed by atoms with Crippen molar-refractivity contribution in [3.63, 3.8) is 0 Å². The van der Waals surface area contributed by atoms with E-state index in [1.807, 2.05) is 0 Å². The lowest BCUT2D eigenvalue weighted by atomic mass is 10.2. The number of ether oxygens (including phenoxy) is 1. The Labute approximate surface area is 101 Å². The molecular formula is C11H12F5NO. The van der Waals surface area contributed by atoms with Gasteiger partial charge >= 0.3 is 12.1 Å². The molecule has 0 saturated heterocycles. The van der Waals surface area contributed by atoms with Gasteiger partial charge in [0.2, 0.25) is 0 Å². The summed E-state index contributed by atoms with van der Waals surface area (Å²) in [6.07, 6.45) is -7.23. The number of para-hydroxylation sites is 2. The Morgan fingerprint density at radius 3 is 2.22 bits per heavy atom. The number of nitrogens with two attached hydrogens (primary N) is 1. The molecule has 0 saturated carbocycles. The van der Waals surface area contributed by atoms with E-state index in [0.29, 0.717) is 5.69 Å². The van der Waals surface area contributed by atoms with Crippen LogP contribution in [0.2, 0.25) is 0 Å². The molecule has 0 radical (unpaired) electrons. The van der Waals surface area contributed by atoms with Crippen LogP contribution in [0.3, 0.4) is 0 Å². The van der Waals surface area contributed by atoms with Crippen molar-refractivity contribution in [3.05, 3.63) is 24.3 Å². The van der Waals surface area contributed by atoms with E-state index in [9.17, 15) is 22.0 Å². The van der Waals surface area contributed by atoms with Crippen molar-refractivity contribution in [3.8, 4) is 5.75 Å². The molecular weight excluding hydrogens is 257 g/mol. The van der Waals surface area contributed by atoms with E-state index in [2.05, 4.69) is 0 Å². The second-order valence-corrected chi connectivity index (χ2v) is 3.69. The quantitative estimate of drug-likeness (QED) is 0.503. The van der Waals surface area contributed by atoms with E-state index in [0.717, 1.165) is 0 Å². The number of alkyl halides is 5. The Balaban J connectivity index is 2.38. The van der Waals surface area contributed by atoms with Gasteiger partial charge in [0.25, 0.3) is 0 Å². The average Bonchev–Trinajstić information content (AvgIpc) is 2.25. The summed E-state index contributed by atoms with van der Waals surface area (Å²) < 4.78 is 65.6. The van der Waals surface area contributed by atoms with Crippen molar-refractivity contribution in [2.45, 2.75) is 24.9 Å². The summed E-state index contributed by atoms with van der Waals surface area (Å²) in [4.78, 5) is 0. The normalized spacial score (nSPS) is 12.5. The van der Waals surface area contributed by atoms with Gasteiger partial charge in [-0.2, -0.15) is 22.0 Å². The maximum Gasteiger partial charge on any atom is 0.453 e. The molecule has 0 aliphatic carbocycles. The zero-order valence-electron chi connectivity index (χ0n) is 9.31. The van der Waals surface area contributed by atoms with Crippen molar-refractivity contribution >= 4 is 5.69 Å². The second kappa shape index (κ2) is 5.41. The van der Waals surface area contributed by atoms with E-state index in [1.165, 1.54) is 6.07 Å². The highest BCUT2D eigenvalue weighted by Crippen LogP contribution is 2.38. The first-order chi connectivity index (χ1) is 8.24. The minimum atomic E-state index is -5.52. The van der Waals surface area contributed by atoms with Crippen LogP contribution in [0.5, 0.6) is 5.75 Å². The molecule has 0 bridgehead atoms. The fourth-order valence-electron chi connectivity index (χ4n) is 1.23. The largest absolute Gasteiger partial charge is 0.491 e. The first-order valence-corrected chi connectivity index (χ1v) is 5.16. The Bertz CT molecular complexity index is 391. The molecule has 0 aliphatic rings. The first kappa shape index (κ1) is 14.5. The number of hydrogen-bond donors (Lipinski definition) is 1. The smallest absolute Gasteiger partial charge is 0.453 e. The Hall–Kier alpha value is -1.53. The third-order valence-electron chi connectivity index (χ3n) is 2.23. The summed E-state index contributed by atoms with van der Waals surface area (Å²) in [7, 11) is 0. The van der Waals surface area contributed by atoms with Gasteiger partial charge in [-0.25, -0.2) is 0 Å². The summed E-state index contributed by atoms with van der Waals surface area (Å²) in [6, 6.07) is 6.33. The summed E-state index contributed by atoms with van der Waals surface area (Å²) >= 11 is 0. The third kappa shape index (κ3) is 3.75. The Morgan fingerprint density at radius 2 is 1.67 bits per heavy atom. The van der Waals surface area contributed by atoms with Gasteiger partial charge < -0.3 is 10.5 Å². The van der Waals surface area contributed by atoms with Crippen LogP contribution in [0, 0.1) is 0 Å². The molecule has 0 aromatic heterocycles. The predicted molar refractivity (Wildman–Crippen MR) is 56.6 cm³/mol. The maximum atomic E-state index is 12.5. The molecule has 102 valence electrons. The van der Waals surface area contributed by atoms with E-state index in [4.69, 9.17) is 10.5 Å². The lowest BCUT2D eigenvalue weighted by Gasteiger charge is -2.19. The number of benzene rings is 1. The van der Waals surface area contributed by atoms with Gasteiger partial charge in [-0.05, 0) is 18.6 Å². The lowest BCUT2D eigenvalue weighted by molar-refractivity contribution is -0.284. The molecule has 1 aromatic rings. The SMILES string of the molecule is Nc1ccccc1OCCCC(F)(F)C(F)(F)F. The van der Waals surface area contributed by atoms with Gasteiger partial charge in [-0.3, -0.25) is 0 Å². The fraction of sp³-hybridized carbons (Fsp3) is 0.455. The monoisotopic (exact) mass is 269 g/mol. The molecule has 0 amide bonds. The van der Waals surface area contributed by atoms with Gasteiger partial charge in [-0.1, -0.05) is 12.1 Å². The molecule has 0 atom stereocenters. The highest BCUT2D eigenvalue weighted by Gasteiger charge is 2.56. The first-order valence-electron chi connectivity index (χ1n) is 5.16. The van der Waals surface area contributed by atoms with Gasteiger partial charge in [0.15, 0.2) is 0 Å². The number of nitrogen functional groups attached to an aromatic ring is 1.